The summed E-state index contributed by atoms with van der Waals surface area (Å²) in [5.74, 6) is -5.62. The van der Waals surface area contributed by atoms with Crippen LogP contribution in [0.3, 0.4) is 0 Å². The van der Waals surface area contributed by atoms with E-state index in [1.807, 2.05) is 11.8 Å². The smallest absolute Gasteiger partial charge is 0.258 e. The van der Waals surface area contributed by atoms with Gasteiger partial charge in [0.25, 0.3) is 5.91 Å². The Morgan fingerprint density at radius 2 is 1.74 bits per heavy atom. The predicted octanol–water partition coefficient (Wildman–Crippen LogP) is 5.38. The first-order valence-electron chi connectivity index (χ1n) is 10.5. The van der Waals surface area contributed by atoms with E-state index in [1.54, 1.807) is 0 Å². The van der Waals surface area contributed by atoms with Crippen molar-refractivity contribution in [1.29, 1.82) is 0 Å². The molecular formula is C24H21ClF4N4O. The monoisotopic (exact) mass is 492 g/mol. The van der Waals surface area contributed by atoms with Gasteiger partial charge in [-0.25, -0.2) is 17.6 Å². The molecule has 0 radical (unpaired) electrons. The first-order valence-corrected chi connectivity index (χ1v) is 10.9. The minimum atomic E-state index is -1.40. The summed E-state index contributed by atoms with van der Waals surface area (Å²) in [5.41, 5.74) is 4.34. The second kappa shape index (κ2) is 9.60. The number of anilines is 2. The highest BCUT2D eigenvalue weighted by Gasteiger charge is 2.28. The van der Waals surface area contributed by atoms with E-state index >= 15 is 4.39 Å². The van der Waals surface area contributed by atoms with Crippen LogP contribution in [-0.2, 0) is 0 Å². The Labute approximate surface area is 198 Å². The molecule has 5 nitrogen and oxygen atoms in total. The molecule has 4 rings (SSSR count). The minimum Gasteiger partial charge on any atom is -0.367 e. The van der Waals surface area contributed by atoms with Crippen LogP contribution in [0.15, 0.2) is 42.7 Å². The van der Waals surface area contributed by atoms with Crippen molar-refractivity contribution >= 4 is 28.9 Å². The van der Waals surface area contributed by atoms with E-state index in [0.717, 1.165) is 36.8 Å². The SMILES string of the molecule is C[C@@H]1C[C@H](N)CN(c2c(Cl)cncc2NC(=O)c2ccc(F)c(-c3c(F)cccc3F)c2F)C1. The van der Waals surface area contributed by atoms with E-state index in [9.17, 15) is 18.0 Å². The summed E-state index contributed by atoms with van der Waals surface area (Å²) in [7, 11) is 0. The van der Waals surface area contributed by atoms with Crippen LogP contribution in [-0.4, -0.2) is 30.0 Å². The molecule has 0 bridgehead atoms. The van der Waals surface area contributed by atoms with E-state index < -0.39 is 45.9 Å². The van der Waals surface area contributed by atoms with Gasteiger partial charge in [-0.1, -0.05) is 24.6 Å². The number of nitrogens with one attached hydrogen (secondary N) is 1. The average molecular weight is 493 g/mol. The topological polar surface area (TPSA) is 71.2 Å². The van der Waals surface area contributed by atoms with Crippen molar-refractivity contribution in [2.45, 2.75) is 19.4 Å². The van der Waals surface area contributed by atoms with Crippen LogP contribution in [0.4, 0.5) is 28.9 Å². The highest BCUT2D eigenvalue weighted by atomic mass is 35.5. The van der Waals surface area contributed by atoms with Gasteiger partial charge in [-0.2, -0.15) is 0 Å². The maximum absolute atomic E-state index is 15.3. The number of carbonyl (C=O) groups excluding carboxylic acids is 1. The molecule has 178 valence electrons. The van der Waals surface area contributed by atoms with E-state index in [1.165, 1.54) is 12.4 Å². The summed E-state index contributed by atoms with van der Waals surface area (Å²) >= 11 is 6.38. The molecule has 1 fully saturated rings. The van der Waals surface area contributed by atoms with Crippen LogP contribution >= 0.6 is 11.6 Å². The van der Waals surface area contributed by atoms with Crippen molar-refractivity contribution in [3.63, 3.8) is 0 Å². The van der Waals surface area contributed by atoms with Crippen molar-refractivity contribution in [2.75, 3.05) is 23.3 Å². The summed E-state index contributed by atoms with van der Waals surface area (Å²) in [6.45, 7) is 3.15. The number of nitrogens with two attached hydrogens (primary N) is 1. The lowest BCUT2D eigenvalue weighted by molar-refractivity contribution is 0.102. The van der Waals surface area contributed by atoms with Gasteiger partial charge in [-0.15, -0.1) is 0 Å². The van der Waals surface area contributed by atoms with Crippen molar-refractivity contribution in [1.82, 2.24) is 4.98 Å². The van der Waals surface area contributed by atoms with Crippen molar-refractivity contribution in [2.24, 2.45) is 11.7 Å². The van der Waals surface area contributed by atoms with Gasteiger partial charge < -0.3 is 16.0 Å². The number of hydrogen-bond donors (Lipinski definition) is 2. The Balaban J connectivity index is 1.72. The molecule has 0 saturated carbocycles. The van der Waals surface area contributed by atoms with E-state index in [2.05, 4.69) is 10.3 Å². The fourth-order valence-electron chi connectivity index (χ4n) is 4.31. The van der Waals surface area contributed by atoms with E-state index in [4.69, 9.17) is 17.3 Å². The maximum atomic E-state index is 15.3. The Bertz CT molecular complexity index is 1230. The van der Waals surface area contributed by atoms with Gasteiger partial charge in [0.15, 0.2) is 0 Å². The van der Waals surface area contributed by atoms with Crippen LogP contribution in [0, 0.1) is 29.2 Å². The molecule has 1 aliphatic heterocycles. The second-order valence-electron chi connectivity index (χ2n) is 8.36. The van der Waals surface area contributed by atoms with Crippen molar-refractivity contribution in [3.8, 4) is 11.1 Å². The number of hydrogen-bond acceptors (Lipinski definition) is 4. The number of benzene rings is 2. The van der Waals surface area contributed by atoms with Gasteiger partial charge in [0, 0.05) is 25.3 Å². The number of aromatic nitrogens is 1. The Hall–Kier alpha value is -3.17. The largest absolute Gasteiger partial charge is 0.367 e. The van der Waals surface area contributed by atoms with Crippen molar-refractivity contribution < 1.29 is 22.4 Å². The zero-order chi connectivity index (χ0) is 24.6. The molecule has 1 aromatic heterocycles. The number of rotatable bonds is 4. The quantitative estimate of drug-likeness (QED) is 0.479. The fourth-order valence-corrected chi connectivity index (χ4v) is 4.58. The van der Waals surface area contributed by atoms with Gasteiger partial charge in [-0.3, -0.25) is 9.78 Å². The maximum Gasteiger partial charge on any atom is 0.258 e. The zero-order valence-corrected chi connectivity index (χ0v) is 18.8. The Kier molecular flexibility index (Phi) is 6.77. The number of halogens is 5. The van der Waals surface area contributed by atoms with Crippen LogP contribution < -0.4 is 16.0 Å². The van der Waals surface area contributed by atoms with Crippen LogP contribution in [0.2, 0.25) is 5.02 Å². The summed E-state index contributed by atoms with van der Waals surface area (Å²) in [5, 5.41) is 2.80. The van der Waals surface area contributed by atoms with Crippen molar-refractivity contribution in [3.05, 3.63) is 76.6 Å². The second-order valence-corrected chi connectivity index (χ2v) is 8.77. The molecule has 1 aliphatic rings. The molecule has 0 aliphatic carbocycles. The summed E-state index contributed by atoms with van der Waals surface area (Å²) < 4.78 is 58.2. The molecule has 3 aromatic rings. The van der Waals surface area contributed by atoms with Gasteiger partial charge in [0.05, 0.1) is 39.3 Å². The number of amides is 1. The highest BCUT2D eigenvalue weighted by molar-refractivity contribution is 6.34. The van der Waals surface area contributed by atoms with Crippen LogP contribution in [0.1, 0.15) is 23.7 Å². The molecule has 0 spiro atoms. The molecule has 1 saturated heterocycles. The Morgan fingerprint density at radius 1 is 1.06 bits per heavy atom. The number of piperidine rings is 1. The molecular weight excluding hydrogens is 472 g/mol. The number of nitrogens with zero attached hydrogens (tertiary/aromatic N) is 2. The lowest BCUT2D eigenvalue weighted by Crippen LogP contribution is -2.46. The molecule has 3 N–H and O–H groups in total. The first kappa shape index (κ1) is 24.0. The zero-order valence-electron chi connectivity index (χ0n) is 18.1. The van der Waals surface area contributed by atoms with Gasteiger partial charge in [0.2, 0.25) is 0 Å². The molecule has 1 amide bonds. The third-order valence-corrected chi connectivity index (χ3v) is 5.95. The Morgan fingerprint density at radius 3 is 2.41 bits per heavy atom. The third kappa shape index (κ3) is 4.58. The van der Waals surface area contributed by atoms with Crippen LogP contribution in [0.5, 0.6) is 0 Å². The fraction of sp³-hybridized carbons (Fsp3) is 0.250. The first-order chi connectivity index (χ1) is 16.2. The molecule has 2 aromatic carbocycles. The van der Waals surface area contributed by atoms with E-state index in [-0.39, 0.29) is 22.7 Å². The minimum absolute atomic E-state index is 0.107. The molecule has 2 atom stereocenters. The van der Waals surface area contributed by atoms with Crippen LogP contribution in [0.25, 0.3) is 11.1 Å². The van der Waals surface area contributed by atoms with Gasteiger partial charge >= 0.3 is 0 Å². The summed E-state index contributed by atoms with van der Waals surface area (Å²) in [4.78, 5) is 18.9. The molecule has 34 heavy (non-hydrogen) atoms. The lowest BCUT2D eigenvalue weighted by atomic mass is 9.96. The standard InChI is InChI=1S/C24H21ClF4N4O/c1-12-7-13(30)11-33(10-12)23-15(25)8-31-9-19(23)32-24(34)14-5-6-18(28)21(22(14)29)20-16(26)3-2-4-17(20)27/h2-6,8-9,12-13H,7,10-11,30H2,1H3,(H,32,34)/t12-,13+/m1/s1. The highest BCUT2D eigenvalue weighted by Crippen LogP contribution is 2.37. The number of pyridine rings is 1. The van der Waals surface area contributed by atoms with E-state index in [0.29, 0.717) is 18.8 Å². The predicted molar refractivity (Wildman–Crippen MR) is 123 cm³/mol. The summed E-state index contributed by atoms with van der Waals surface area (Å²) in [6, 6.07) is 4.39. The molecule has 10 heteroatoms. The third-order valence-electron chi connectivity index (χ3n) is 5.68. The average Bonchev–Trinajstić information content (AvgIpc) is 2.75. The summed E-state index contributed by atoms with van der Waals surface area (Å²) in [6.07, 6.45) is 3.59. The molecule has 0 unspecified atom stereocenters. The van der Waals surface area contributed by atoms with Gasteiger partial charge in [0.1, 0.15) is 23.3 Å². The normalized spacial score (nSPS) is 18.1. The van der Waals surface area contributed by atoms with Gasteiger partial charge in [-0.05, 0) is 36.6 Å². The number of carbonyl (C=O) groups is 1. The molecule has 2 heterocycles. The lowest BCUT2D eigenvalue weighted by Gasteiger charge is -2.37.